The third-order valence-corrected chi connectivity index (χ3v) is 7.33. The summed E-state index contributed by atoms with van der Waals surface area (Å²) >= 11 is 0. The molecule has 1 saturated heterocycles. The summed E-state index contributed by atoms with van der Waals surface area (Å²) in [6.07, 6.45) is 1.49. The average Bonchev–Trinajstić information content (AvgIpc) is 2.97. The van der Waals surface area contributed by atoms with Crippen molar-refractivity contribution in [2.45, 2.75) is 52.2 Å². The summed E-state index contributed by atoms with van der Waals surface area (Å²) in [5.41, 5.74) is 2.50. The molecule has 9 heteroatoms. The lowest BCUT2D eigenvalue weighted by molar-refractivity contribution is -0.0587. The molecule has 43 heavy (non-hydrogen) atoms. The molecule has 224 valence electrons. The van der Waals surface area contributed by atoms with E-state index in [0.717, 1.165) is 16.3 Å². The fourth-order valence-corrected chi connectivity index (χ4v) is 5.24. The molecule has 1 aliphatic heterocycles. The number of nitrogens with one attached hydrogen (secondary N) is 2. The van der Waals surface area contributed by atoms with Gasteiger partial charge in [0.25, 0.3) is 5.91 Å². The van der Waals surface area contributed by atoms with Gasteiger partial charge in [-0.1, -0.05) is 51.1 Å². The van der Waals surface area contributed by atoms with Crippen LogP contribution < -0.4 is 20.1 Å². The highest BCUT2D eigenvalue weighted by Gasteiger charge is 2.27. The van der Waals surface area contributed by atoms with E-state index in [4.69, 9.17) is 14.2 Å². The van der Waals surface area contributed by atoms with E-state index < -0.39 is 6.03 Å². The molecule has 0 aliphatic carbocycles. The van der Waals surface area contributed by atoms with Crippen LogP contribution in [0.1, 0.15) is 50.7 Å². The van der Waals surface area contributed by atoms with Crippen molar-refractivity contribution in [3.63, 3.8) is 0 Å². The number of pyridine rings is 1. The van der Waals surface area contributed by atoms with Crippen LogP contribution in [0.25, 0.3) is 10.8 Å². The first-order valence-electron chi connectivity index (χ1n) is 14.4. The molecule has 0 radical (unpaired) electrons. The van der Waals surface area contributed by atoms with E-state index in [9.17, 15) is 9.59 Å². The predicted molar refractivity (Wildman–Crippen MR) is 169 cm³/mol. The maximum atomic E-state index is 13.2. The third kappa shape index (κ3) is 6.89. The van der Waals surface area contributed by atoms with Crippen molar-refractivity contribution >= 4 is 34.1 Å². The number of carbonyl (C=O) groups excluding carboxylic acids is 2. The Morgan fingerprint density at radius 2 is 1.56 bits per heavy atom. The van der Waals surface area contributed by atoms with Gasteiger partial charge in [0.1, 0.15) is 22.9 Å². The number of rotatable bonds is 6. The second-order valence-electron chi connectivity index (χ2n) is 11.8. The molecule has 9 nitrogen and oxygen atoms in total. The predicted octanol–water partition coefficient (Wildman–Crippen LogP) is 7.23. The van der Waals surface area contributed by atoms with Crippen LogP contribution in [0.2, 0.25) is 0 Å². The number of morpholine rings is 1. The molecule has 1 aromatic heterocycles. The Kier molecular flexibility index (Phi) is 8.54. The zero-order valence-electron chi connectivity index (χ0n) is 25.4. The minimum absolute atomic E-state index is 0.0385. The van der Waals surface area contributed by atoms with Crippen LogP contribution in [0.15, 0.2) is 72.9 Å². The quantitative estimate of drug-likeness (QED) is 0.249. The average molecular weight is 583 g/mol. The van der Waals surface area contributed by atoms with Crippen LogP contribution in [-0.4, -0.2) is 54.2 Å². The third-order valence-electron chi connectivity index (χ3n) is 7.33. The van der Waals surface area contributed by atoms with Crippen molar-refractivity contribution in [3.8, 4) is 17.2 Å². The number of amides is 3. The van der Waals surface area contributed by atoms with Crippen LogP contribution in [-0.2, 0) is 10.2 Å². The first-order chi connectivity index (χ1) is 20.5. The van der Waals surface area contributed by atoms with Crippen LogP contribution in [0, 0.1) is 0 Å². The minimum Gasteiger partial charge on any atom is -0.495 e. The van der Waals surface area contributed by atoms with Crippen molar-refractivity contribution in [2.75, 3.05) is 30.8 Å². The zero-order chi connectivity index (χ0) is 30.7. The number of methoxy groups -OCH3 is 1. The van der Waals surface area contributed by atoms with Crippen molar-refractivity contribution in [2.24, 2.45) is 0 Å². The monoisotopic (exact) mass is 582 g/mol. The Bertz CT molecular complexity index is 1640. The summed E-state index contributed by atoms with van der Waals surface area (Å²) in [6, 6.07) is 20.0. The minimum atomic E-state index is -0.396. The Morgan fingerprint density at radius 3 is 2.26 bits per heavy atom. The van der Waals surface area contributed by atoms with Gasteiger partial charge >= 0.3 is 6.03 Å². The van der Waals surface area contributed by atoms with Gasteiger partial charge in [0.2, 0.25) is 0 Å². The van der Waals surface area contributed by atoms with Gasteiger partial charge in [-0.2, -0.15) is 0 Å². The standard InChI is InChI=1S/C34H38N4O5/c1-21-19-38(20-22(2)42-21)32(39)29-18-24(15-16-35-29)43-30-14-12-27(25-9-7-8-10-26(25)30)36-33(40)37-28-17-23(34(3,4)5)11-13-31(28)41-6/h7-18,21-22H,19-20H2,1-6H3,(H2,36,37,40). The highest BCUT2D eigenvalue weighted by Crippen LogP contribution is 2.35. The number of benzene rings is 3. The molecule has 3 aromatic carbocycles. The molecule has 2 atom stereocenters. The molecule has 2 unspecified atom stereocenters. The number of carbonyl (C=O) groups is 2. The van der Waals surface area contributed by atoms with E-state index in [1.54, 1.807) is 42.5 Å². The lowest BCUT2D eigenvalue weighted by Gasteiger charge is -2.35. The summed E-state index contributed by atoms with van der Waals surface area (Å²) in [6.45, 7) is 11.3. The smallest absolute Gasteiger partial charge is 0.323 e. The Labute approximate surface area is 252 Å². The molecule has 5 rings (SSSR count). The number of hydrogen-bond acceptors (Lipinski definition) is 6. The lowest BCUT2D eigenvalue weighted by atomic mass is 9.87. The topological polar surface area (TPSA) is 102 Å². The molecule has 1 fully saturated rings. The largest absolute Gasteiger partial charge is 0.495 e. The normalized spacial score (nSPS) is 16.9. The van der Waals surface area contributed by atoms with Crippen LogP contribution in [0.4, 0.5) is 16.2 Å². The summed E-state index contributed by atoms with van der Waals surface area (Å²) in [7, 11) is 1.58. The molecule has 2 heterocycles. The Balaban J connectivity index is 1.35. The fraction of sp³-hybridized carbons (Fsp3) is 0.324. The van der Waals surface area contributed by atoms with Crippen LogP contribution in [0.5, 0.6) is 17.2 Å². The first-order valence-corrected chi connectivity index (χ1v) is 14.4. The van der Waals surface area contributed by atoms with Gasteiger partial charge < -0.3 is 29.7 Å². The van der Waals surface area contributed by atoms with E-state index in [1.807, 2.05) is 56.3 Å². The number of anilines is 2. The van der Waals surface area contributed by atoms with Crippen molar-refractivity contribution < 1.29 is 23.8 Å². The molecular weight excluding hydrogens is 544 g/mol. The van der Waals surface area contributed by atoms with E-state index in [2.05, 4.69) is 36.4 Å². The molecule has 2 N–H and O–H groups in total. The fourth-order valence-electron chi connectivity index (χ4n) is 5.24. The highest BCUT2D eigenvalue weighted by molar-refractivity contribution is 6.08. The number of ether oxygens (including phenoxy) is 3. The van der Waals surface area contributed by atoms with Gasteiger partial charge in [0.05, 0.1) is 30.7 Å². The molecule has 0 spiro atoms. The summed E-state index contributed by atoms with van der Waals surface area (Å²) in [5.74, 6) is 1.48. The summed E-state index contributed by atoms with van der Waals surface area (Å²) in [5, 5.41) is 7.50. The highest BCUT2D eigenvalue weighted by atomic mass is 16.5. The number of fused-ring (bicyclic) bond motifs is 1. The number of nitrogens with zero attached hydrogens (tertiary/aromatic N) is 2. The second kappa shape index (κ2) is 12.3. The van der Waals surface area contributed by atoms with Gasteiger partial charge in [-0.25, -0.2) is 4.79 Å². The van der Waals surface area contributed by atoms with Gasteiger partial charge in [0.15, 0.2) is 0 Å². The SMILES string of the molecule is COc1ccc(C(C)(C)C)cc1NC(=O)Nc1ccc(Oc2ccnc(C(=O)N3CC(C)OC(C)C3)c2)c2ccccc12. The lowest BCUT2D eigenvalue weighted by Crippen LogP contribution is -2.48. The number of hydrogen-bond donors (Lipinski definition) is 2. The second-order valence-corrected chi connectivity index (χ2v) is 11.8. The Hall–Kier alpha value is -4.63. The van der Waals surface area contributed by atoms with Gasteiger partial charge in [-0.3, -0.25) is 9.78 Å². The van der Waals surface area contributed by atoms with E-state index in [-0.39, 0.29) is 23.5 Å². The van der Waals surface area contributed by atoms with Crippen LogP contribution in [0.3, 0.4) is 0 Å². The number of aromatic nitrogens is 1. The molecule has 0 bridgehead atoms. The summed E-state index contributed by atoms with van der Waals surface area (Å²) < 4.78 is 17.5. The molecule has 3 amide bonds. The molecule has 1 aliphatic rings. The van der Waals surface area contributed by atoms with Crippen molar-refractivity contribution in [3.05, 3.63) is 84.2 Å². The van der Waals surface area contributed by atoms with Crippen LogP contribution >= 0.6 is 0 Å². The molecule has 4 aromatic rings. The van der Waals surface area contributed by atoms with E-state index in [1.165, 1.54) is 0 Å². The molecular formula is C34H38N4O5. The van der Waals surface area contributed by atoms with E-state index in [0.29, 0.717) is 47.4 Å². The maximum absolute atomic E-state index is 13.2. The van der Waals surface area contributed by atoms with Gasteiger partial charge in [-0.05, 0) is 55.2 Å². The molecule has 0 saturated carbocycles. The van der Waals surface area contributed by atoms with Gasteiger partial charge in [0, 0.05) is 36.1 Å². The Morgan fingerprint density at radius 1 is 0.884 bits per heavy atom. The maximum Gasteiger partial charge on any atom is 0.323 e. The number of urea groups is 1. The summed E-state index contributed by atoms with van der Waals surface area (Å²) in [4.78, 5) is 32.4. The van der Waals surface area contributed by atoms with E-state index >= 15 is 0 Å². The van der Waals surface area contributed by atoms with Crippen molar-refractivity contribution in [1.82, 2.24) is 9.88 Å². The first kappa shape index (κ1) is 29.8. The van der Waals surface area contributed by atoms with Gasteiger partial charge in [-0.15, -0.1) is 0 Å². The zero-order valence-corrected chi connectivity index (χ0v) is 25.4. The van der Waals surface area contributed by atoms with Crippen molar-refractivity contribution in [1.29, 1.82) is 0 Å².